The number of nitrogens with one attached hydrogen (secondary N) is 1. The molecule has 1 heterocycles. The van der Waals surface area contributed by atoms with Gasteiger partial charge in [0.25, 0.3) is 0 Å². The molecule has 0 saturated heterocycles. The smallest absolute Gasteiger partial charge is 0.246 e. The molecule has 1 rings (SSSR count). The van der Waals surface area contributed by atoms with Crippen LogP contribution in [0.15, 0.2) is 11.1 Å². The lowest BCUT2D eigenvalue weighted by atomic mass is 10.1. The van der Waals surface area contributed by atoms with Gasteiger partial charge in [-0.05, 0) is 33.6 Å². The Morgan fingerprint density at radius 1 is 1.32 bits per heavy atom. The van der Waals surface area contributed by atoms with E-state index in [9.17, 15) is 8.42 Å². The Bertz CT molecular complexity index is 541. The van der Waals surface area contributed by atoms with Gasteiger partial charge in [-0.25, -0.2) is 17.8 Å². The summed E-state index contributed by atoms with van der Waals surface area (Å²) in [5.74, 6) is 0.492. The van der Waals surface area contributed by atoms with Crippen LogP contribution in [0.25, 0.3) is 0 Å². The van der Waals surface area contributed by atoms with Gasteiger partial charge in [-0.3, -0.25) is 0 Å². The maximum absolute atomic E-state index is 12.2. The lowest BCUT2D eigenvalue weighted by molar-refractivity contribution is 0.380. The Morgan fingerprint density at radius 2 is 1.84 bits per heavy atom. The van der Waals surface area contributed by atoms with Crippen LogP contribution in [-0.2, 0) is 10.0 Å². The molecular formula is C12H24N4O2S. The van der Waals surface area contributed by atoms with Crippen LogP contribution in [0.1, 0.15) is 47.6 Å². The maximum atomic E-state index is 12.2. The van der Waals surface area contributed by atoms with Gasteiger partial charge in [0, 0.05) is 5.54 Å². The van der Waals surface area contributed by atoms with Gasteiger partial charge in [-0.15, -0.1) is 0 Å². The quantitative estimate of drug-likeness (QED) is 0.883. The molecule has 1 unspecified atom stereocenters. The summed E-state index contributed by atoms with van der Waals surface area (Å²) in [6.45, 7) is 11.4. The molecule has 0 saturated carbocycles. The van der Waals surface area contributed by atoms with E-state index in [4.69, 9.17) is 5.73 Å². The van der Waals surface area contributed by atoms with Crippen molar-refractivity contribution in [1.29, 1.82) is 0 Å². The highest BCUT2D eigenvalue weighted by atomic mass is 32.2. The molecule has 6 nitrogen and oxygen atoms in total. The fourth-order valence-electron chi connectivity index (χ4n) is 1.63. The Hall–Kier alpha value is -1.08. The molecular weight excluding hydrogens is 264 g/mol. The minimum Gasteiger partial charge on any atom is -0.383 e. The van der Waals surface area contributed by atoms with E-state index in [1.807, 2.05) is 20.8 Å². The van der Waals surface area contributed by atoms with Gasteiger partial charge in [-0.2, -0.15) is 5.10 Å². The zero-order valence-electron chi connectivity index (χ0n) is 12.4. The van der Waals surface area contributed by atoms with E-state index in [0.29, 0.717) is 5.92 Å². The molecule has 1 atom stereocenters. The minimum absolute atomic E-state index is 0.0370. The van der Waals surface area contributed by atoms with Gasteiger partial charge in [0.05, 0.1) is 12.2 Å². The molecule has 1 aromatic heterocycles. The third-order valence-corrected chi connectivity index (χ3v) is 4.65. The fourth-order valence-corrected chi connectivity index (χ4v) is 3.10. The van der Waals surface area contributed by atoms with Crippen LogP contribution in [0.4, 0.5) is 5.82 Å². The molecule has 3 N–H and O–H groups in total. The van der Waals surface area contributed by atoms with Gasteiger partial charge in [-0.1, -0.05) is 13.8 Å². The average molecular weight is 288 g/mol. The summed E-state index contributed by atoms with van der Waals surface area (Å²) in [5, 5.41) is 4.11. The number of nitrogens with zero attached hydrogens (tertiary/aromatic N) is 2. The number of anilines is 1. The summed E-state index contributed by atoms with van der Waals surface area (Å²) in [6, 6.07) is 0.0404. The number of sulfonamides is 1. The lowest BCUT2D eigenvalue weighted by Crippen LogP contribution is -2.40. The second kappa shape index (κ2) is 5.13. The van der Waals surface area contributed by atoms with Gasteiger partial charge in [0.2, 0.25) is 10.0 Å². The van der Waals surface area contributed by atoms with Gasteiger partial charge in [0.1, 0.15) is 10.7 Å². The van der Waals surface area contributed by atoms with Crippen LogP contribution in [0.3, 0.4) is 0 Å². The molecule has 110 valence electrons. The van der Waals surface area contributed by atoms with Crippen molar-refractivity contribution < 1.29 is 8.42 Å². The molecule has 0 amide bonds. The van der Waals surface area contributed by atoms with E-state index < -0.39 is 15.6 Å². The van der Waals surface area contributed by atoms with E-state index in [-0.39, 0.29) is 16.8 Å². The third-order valence-electron chi connectivity index (χ3n) is 2.88. The first kappa shape index (κ1) is 16.0. The summed E-state index contributed by atoms with van der Waals surface area (Å²) in [4.78, 5) is 0.0370. The van der Waals surface area contributed by atoms with Crippen molar-refractivity contribution in [3.63, 3.8) is 0 Å². The zero-order valence-corrected chi connectivity index (χ0v) is 13.2. The summed E-state index contributed by atoms with van der Waals surface area (Å²) >= 11 is 0. The Balaban J connectivity index is 3.18. The predicted molar refractivity (Wildman–Crippen MR) is 76.3 cm³/mol. The normalized spacial score (nSPS) is 14.9. The largest absolute Gasteiger partial charge is 0.383 e. The number of aromatic nitrogens is 2. The predicted octanol–water partition coefficient (Wildman–Crippen LogP) is 1.76. The SMILES string of the molecule is CC(C)C(C)n1ncc(S(=O)(=O)NC(C)(C)C)c1N. The monoisotopic (exact) mass is 288 g/mol. The number of rotatable bonds is 4. The number of hydrogen-bond acceptors (Lipinski definition) is 4. The van der Waals surface area contributed by atoms with Gasteiger partial charge in [0.15, 0.2) is 0 Å². The summed E-state index contributed by atoms with van der Waals surface area (Å²) in [5.41, 5.74) is 5.37. The molecule has 0 aromatic carbocycles. The summed E-state index contributed by atoms with van der Waals surface area (Å²) in [6.07, 6.45) is 1.31. The molecule has 1 aromatic rings. The number of nitrogen functional groups attached to an aromatic ring is 1. The molecule has 0 aliphatic heterocycles. The molecule has 0 bridgehead atoms. The van der Waals surface area contributed by atoms with Crippen molar-refractivity contribution in [1.82, 2.24) is 14.5 Å². The molecule has 19 heavy (non-hydrogen) atoms. The molecule has 0 radical (unpaired) electrons. The Kier molecular flexibility index (Phi) is 4.31. The van der Waals surface area contributed by atoms with E-state index in [2.05, 4.69) is 9.82 Å². The van der Waals surface area contributed by atoms with E-state index >= 15 is 0 Å². The van der Waals surface area contributed by atoms with Crippen LogP contribution in [-0.4, -0.2) is 23.7 Å². The van der Waals surface area contributed by atoms with Crippen molar-refractivity contribution >= 4 is 15.8 Å². The standard InChI is InChI=1S/C12H24N4O2S/c1-8(2)9(3)16-11(13)10(7-14-16)19(17,18)15-12(4,5)6/h7-9,15H,13H2,1-6H3. The first-order valence-electron chi connectivity index (χ1n) is 6.32. The Labute approximate surface area is 115 Å². The van der Waals surface area contributed by atoms with Crippen molar-refractivity contribution in [2.75, 3.05) is 5.73 Å². The molecule has 7 heteroatoms. The van der Waals surface area contributed by atoms with E-state index in [1.54, 1.807) is 25.5 Å². The highest BCUT2D eigenvalue weighted by Crippen LogP contribution is 2.25. The van der Waals surface area contributed by atoms with E-state index in [1.165, 1.54) is 6.20 Å². The molecule has 0 fully saturated rings. The fraction of sp³-hybridized carbons (Fsp3) is 0.750. The van der Waals surface area contributed by atoms with Gasteiger partial charge >= 0.3 is 0 Å². The average Bonchev–Trinajstić information content (AvgIpc) is 2.55. The third kappa shape index (κ3) is 3.70. The maximum Gasteiger partial charge on any atom is 0.246 e. The van der Waals surface area contributed by atoms with E-state index in [0.717, 1.165) is 0 Å². The number of hydrogen-bond donors (Lipinski definition) is 2. The molecule has 0 aliphatic rings. The Morgan fingerprint density at radius 3 is 2.26 bits per heavy atom. The van der Waals surface area contributed by atoms with Crippen LogP contribution in [0.5, 0.6) is 0 Å². The first-order chi connectivity index (χ1) is 8.46. The first-order valence-corrected chi connectivity index (χ1v) is 7.81. The highest BCUT2D eigenvalue weighted by molar-refractivity contribution is 7.89. The molecule has 0 aliphatic carbocycles. The van der Waals surface area contributed by atoms with Crippen molar-refractivity contribution in [3.8, 4) is 0 Å². The topological polar surface area (TPSA) is 90.0 Å². The van der Waals surface area contributed by atoms with Crippen LogP contribution >= 0.6 is 0 Å². The molecule has 0 spiro atoms. The number of nitrogens with two attached hydrogens (primary N) is 1. The highest BCUT2D eigenvalue weighted by Gasteiger charge is 2.27. The second-order valence-electron chi connectivity index (χ2n) is 6.18. The minimum atomic E-state index is -3.65. The van der Waals surface area contributed by atoms with Gasteiger partial charge < -0.3 is 5.73 Å². The van der Waals surface area contributed by atoms with Crippen molar-refractivity contribution in [2.24, 2.45) is 5.92 Å². The van der Waals surface area contributed by atoms with Crippen LogP contribution < -0.4 is 10.5 Å². The summed E-state index contributed by atoms with van der Waals surface area (Å²) < 4.78 is 28.6. The summed E-state index contributed by atoms with van der Waals surface area (Å²) in [7, 11) is -3.65. The lowest BCUT2D eigenvalue weighted by Gasteiger charge is -2.21. The van der Waals surface area contributed by atoms with Crippen LogP contribution in [0, 0.1) is 5.92 Å². The van der Waals surface area contributed by atoms with Crippen molar-refractivity contribution in [2.45, 2.75) is 58.0 Å². The van der Waals surface area contributed by atoms with Crippen molar-refractivity contribution in [3.05, 3.63) is 6.20 Å². The second-order valence-corrected chi connectivity index (χ2v) is 7.83. The zero-order chi connectivity index (χ0) is 15.0. The van der Waals surface area contributed by atoms with Crippen LogP contribution in [0.2, 0.25) is 0 Å².